The van der Waals surface area contributed by atoms with Crippen LogP contribution < -0.4 is 4.74 Å². The Bertz CT molecular complexity index is 527. The lowest BCUT2D eigenvalue weighted by Gasteiger charge is -2.09. The van der Waals surface area contributed by atoms with E-state index < -0.39 is 0 Å². The SMILES string of the molecule is COc1ccccc1-c1cc(C)nc(CO)n1. The zero-order chi connectivity index (χ0) is 12.3. The predicted octanol–water partition coefficient (Wildman–Crippen LogP) is 1.95. The Morgan fingerprint density at radius 1 is 1.24 bits per heavy atom. The van der Waals surface area contributed by atoms with E-state index in [0.29, 0.717) is 5.82 Å². The zero-order valence-corrected chi connectivity index (χ0v) is 9.84. The number of hydrogen-bond donors (Lipinski definition) is 1. The number of aliphatic hydroxyl groups is 1. The van der Waals surface area contributed by atoms with Crippen molar-refractivity contribution in [3.05, 3.63) is 41.9 Å². The topological polar surface area (TPSA) is 55.2 Å². The molecule has 0 bridgehead atoms. The van der Waals surface area contributed by atoms with Gasteiger partial charge in [0.15, 0.2) is 5.82 Å². The highest BCUT2D eigenvalue weighted by molar-refractivity contribution is 5.67. The van der Waals surface area contributed by atoms with Gasteiger partial charge in [0.05, 0.1) is 12.8 Å². The molecule has 4 heteroatoms. The molecule has 0 aliphatic rings. The van der Waals surface area contributed by atoms with E-state index in [1.54, 1.807) is 7.11 Å². The Labute approximate surface area is 99.9 Å². The summed E-state index contributed by atoms with van der Waals surface area (Å²) in [5.41, 5.74) is 2.49. The van der Waals surface area contributed by atoms with Gasteiger partial charge in [-0.3, -0.25) is 0 Å². The van der Waals surface area contributed by atoms with E-state index in [-0.39, 0.29) is 6.61 Å². The van der Waals surface area contributed by atoms with Gasteiger partial charge in [-0.2, -0.15) is 0 Å². The summed E-state index contributed by atoms with van der Waals surface area (Å²) in [7, 11) is 1.62. The van der Waals surface area contributed by atoms with Crippen molar-refractivity contribution in [2.24, 2.45) is 0 Å². The van der Waals surface area contributed by atoms with Crippen LogP contribution in [-0.2, 0) is 6.61 Å². The van der Waals surface area contributed by atoms with Crippen LogP contribution in [0.5, 0.6) is 5.75 Å². The van der Waals surface area contributed by atoms with Crippen molar-refractivity contribution in [3.8, 4) is 17.0 Å². The number of methoxy groups -OCH3 is 1. The predicted molar refractivity (Wildman–Crippen MR) is 64.7 cm³/mol. The van der Waals surface area contributed by atoms with Gasteiger partial charge in [0.2, 0.25) is 0 Å². The normalized spacial score (nSPS) is 10.3. The number of benzene rings is 1. The molecule has 0 unspecified atom stereocenters. The lowest BCUT2D eigenvalue weighted by atomic mass is 10.1. The largest absolute Gasteiger partial charge is 0.496 e. The lowest BCUT2D eigenvalue weighted by Crippen LogP contribution is -1.99. The molecule has 0 fully saturated rings. The van der Waals surface area contributed by atoms with Gasteiger partial charge in [-0.1, -0.05) is 12.1 Å². The zero-order valence-electron chi connectivity index (χ0n) is 9.84. The number of aromatic nitrogens is 2. The Morgan fingerprint density at radius 2 is 2.00 bits per heavy atom. The number of aryl methyl sites for hydroxylation is 1. The van der Waals surface area contributed by atoms with Crippen LogP contribution in [0, 0.1) is 6.92 Å². The summed E-state index contributed by atoms with van der Waals surface area (Å²) in [5.74, 6) is 1.18. The van der Waals surface area contributed by atoms with Crippen molar-refractivity contribution in [2.75, 3.05) is 7.11 Å². The molecule has 0 saturated heterocycles. The number of rotatable bonds is 3. The fourth-order valence-corrected chi connectivity index (χ4v) is 1.69. The number of aliphatic hydroxyl groups excluding tert-OH is 1. The molecule has 1 N–H and O–H groups in total. The number of nitrogens with zero attached hydrogens (tertiary/aromatic N) is 2. The van der Waals surface area contributed by atoms with Gasteiger partial charge in [-0.15, -0.1) is 0 Å². The molecule has 1 aromatic carbocycles. The van der Waals surface area contributed by atoms with Gasteiger partial charge < -0.3 is 9.84 Å². The average molecular weight is 230 g/mol. The van der Waals surface area contributed by atoms with E-state index in [9.17, 15) is 0 Å². The van der Waals surface area contributed by atoms with Crippen molar-refractivity contribution < 1.29 is 9.84 Å². The summed E-state index contributed by atoms with van der Waals surface area (Å²) in [4.78, 5) is 8.42. The molecular weight excluding hydrogens is 216 g/mol. The first-order valence-electron chi connectivity index (χ1n) is 5.33. The Hall–Kier alpha value is -1.94. The second-order valence-corrected chi connectivity index (χ2v) is 3.67. The molecule has 0 atom stereocenters. The minimum atomic E-state index is -0.163. The maximum atomic E-state index is 9.10. The Kier molecular flexibility index (Phi) is 3.35. The third-order valence-electron chi connectivity index (χ3n) is 2.42. The molecule has 0 saturated carbocycles. The van der Waals surface area contributed by atoms with Gasteiger partial charge in [0.1, 0.15) is 12.4 Å². The van der Waals surface area contributed by atoms with E-state index in [4.69, 9.17) is 9.84 Å². The maximum absolute atomic E-state index is 9.10. The summed E-state index contributed by atoms with van der Waals surface area (Å²) < 4.78 is 5.29. The van der Waals surface area contributed by atoms with Crippen LogP contribution in [0.2, 0.25) is 0 Å². The number of hydrogen-bond acceptors (Lipinski definition) is 4. The van der Waals surface area contributed by atoms with Crippen LogP contribution in [0.4, 0.5) is 0 Å². The molecule has 0 aliphatic carbocycles. The lowest BCUT2D eigenvalue weighted by molar-refractivity contribution is 0.271. The molecule has 2 aromatic rings. The summed E-state index contributed by atoms with van der Waals surface area (Å²) >= 11 is 0. The third-order valence-corrected chi connectivity index (χ3v) is 2.42. The van der Waals surface area contributed by atoms with Crippen LogP contribution in [-0.4, -0.2) is 22.2 Å². The van der Waals surface area contributed by atoms with E-state index in [2.05, 4.69) is 9.97 Å². The molecule has 1 heterocycles. The van der Waals surface area contributed by atoms with Gasteiger partial charge in [0, 0.05) is 11.3 Å². The van der Waals surface area contributed by atoms with E-state index in [0.717, 1.165) is 22.7 Å². The van der Waals surface area contributed by atoms with Crippen molar-refractivity contribution in [1.29, 1.82) is 0 Å². The monoisotopic (exact) mass is 230 g/mol. The molecule has 88 valence electrons. The number of para-hydroxylation sites is 1. The Balaban J connectivity index is 2.55. The molecular formula is C13H14N2O2. The van der Waals surface area contributed by atoms with Crippen LogP contribution in [0.15, 0.2) is 30.3 Å². The van der Waals surface area contributed by atoms with Gasteiger partial charge in [-0.25, -0.2) is 9.97 Å². The van der Waals surface area contributed by atoms with Gasteiger partial charge >= 0.3 is 0 Å². The summed E-state index contributed by atoms with van der Waals surface area (Å²) in [6, 6.07) is 9.52. The average Bonchev–Trinajstić information content (AvgIpc) is 2.37. The van der Waals surface area contributed by atoms with Crippen LogP contribution in [0.1, 0.15) is 11.5 Å². The molecule has 0 amide bonds. The molecule has 17 heavy (non-hydrogen) atoms. The van der Waals surface area contributed by atoms with Crippen molar-refractivity contribution >= 4 is 0 Å². The molecule has 0 radical (unpaired) electrons. The quantitative estimate of drug-likeness (QED) is 0.875. The van der Waals surface area contributed by atoms with Crippen LogP contribution in [0.3, 0.4) is 0 Å². The molecule has 0 aliphatic heterocycles. The van der Waals surface area contributed by atoms with Crippen LogP contribution >= 0.6 is 0 Å². The highest BCUT2D eigenvalue weighted by Gasteiger charge is 2.08. The Morgan fingerprint density at radius 3 is 2.71 bits per heavy atom. The molecule has 0 spiro atoms. The maximum Gasteiger partial charge on any atom is 0.154 e. The van der Waals surface area contributed by atoms with Crippen molar-refractivity contribution in [2.45, 2.75) is 13.5 Å². The fraction of sp³-hybridized carbons (Fsp3) is 0.231. The smallest absolute Gasteiger partial charge is 0.154 e. The van der Waals surface area contributed by atoms with E-state index >= 15 is 0 Å². The van der Waals surface area contributed by atoms with Gasteiger partial charge in [-0.05, 0) is 25.1 Å². The summed E-state index contributed by atoms with van der Waals surface area (Å²) in [6.07, 6.45) is 0. The standard InChI is InChI=1S/C13H14N2O2/c1-9-7-11(15-13(8-16)14-9)10-5-3-4-6-12(10)17-2/h3-7,16H,8H2,1-2H3. The van der Waals surface area contributed by atoms with E-state index in [1.165, 1.54) is 0 Å². The first-order valence-corrected chi connectivity index (χ1v) is 5.33. The molecule has 4 nitrogen and oxygen atoms in total. The fourth-order valence-electron chi connectivity index (χ4n) is 1.69. The third kappa shape index (κ3) is 2.42. The minimum Gasteiger partial charge on any atom is -0.496 e. The molecule has 2 rings (SSSR count). The second-order valence-electron chi connectivity index (χ2n) is 3.67. The molecule has 1 aromatic heterocycles. The van der Waals surface area contributed by atoms with E-state index in [1.807, 2.05) is 37.3 Å². The highest BCUT2D eigenvalue weighted by Crippen LogP contribution is 2.28. The minimum absolute atomic E-state index is 0.163. The first-order chi connectivity index (χ1) is 8.24. The summed E-state index contributed by atoms with van der Waals surface area (Å²) in [6.45, 7) is 1.71. The van der Waals surface area contributed by atoms with Crippen molar-refractivity contribution in [1.82, 2.24) is 9.97 Å². The second kappa shape index (κ2) is 4.93. The summed E-state index contributed by atoms with van der Waals surface area (Å²) in [5, 5.41) is 9.10. The van der Waals surface area contributed by atoms with Crippen LogP contribution in [0.25, 0.3) is 11.3 Å². The number of ether oxygens (including phenoxy) is 1. The first kappa shape index (κ1) is 11.5. The van der Waals surface area contributed by atoms with Crippen molar-refractivity contribution in [3.63, 3.8) is 0 Å². The highest BCUT2D eigenvalue weighted by atomic mass is 16.5. The van der Waals surface area contributed by atoms with Gasteiger partial charge in [0.25, 0.3) is 0 Å².